The second-order valence-corrected chi connectivity index (χ2v) is 4.01. The van der Waals surface area contributed by atoms with Crippen molar-refractivity contribution in [2.45, 2.75) is 18.9 Å². The molecule has 0 amide bonds. The van der Waals surface area contributed by atoms with Crippen LogP contribution in [0, 0.1) is 0 Å². The maximum absolute atomic E-state index is 11.7. The topological polar surface area (TPSA) is 71.2 Å². The van der Waals surface area contributed by atoms with Crippen molar-refractivity contribution in [1.29, 1.82) is 0 Å². The third-order valence-electron chi connectivity index (χ3n) is 2.75. The van der Waals surface area contributed by atoms with Crippen molar-refractivity contribution in [3.8, 4) is 0 Å². The SMILES string of the molecule is C=NN=C1C(=C/C)/C(=C\CCl)CC1(O)C(=O)OC. The number of hydrogen-bond donors (Lipinski definition) is 1. The van der Waals surface area contributed by atoms with E-state index in [1.165, 1.54) is 7.11 Å². The lowest BCUT2D eigenvalue weighted by Crippen LogP contribution is -2.43. The van der Waals surface area contributed by atoms with Crippen molar-refractivity contribution in [1.82, 2.24) is 0 Å². The van der Waals surface area contributed by atoms with Crippen LogP contribution in [0.5, 0.6) is 0 Å². The van der Waals surface area contributed by atoms with Gasteiger partial charge in [0.25, 0.3) is 0 Å². The summed E-state index contributed by atoms with van der Waals surface area (Å²) in [5, 5.41) is 17.6. The molecule has 0 spiro atoms. The van der Waals surface area contributed by atoms with Crippen LogP contribution in [-0.2, 0) is 9.53 Å². The Labute approximate surface area is 111 Å². The third kappa shape index (κ3) is 2.37. The second-order valence-electron chi connectivity index (χ2n) is 3.70. The van der Waals surface area contributed by atoms with E-state index in [2.05, 4.69) is 21.7 Å². The van der Waals surface area contributed by atoms with Crippen LogP contribution in [0.15, 0.2) is 33.5 Å². The maximum atomic E-state index is 11.7. The maximum Gasteiger partial charge on any atom is 0.344 e. The van der Waals surface area contributed by atoms with Crippen LogP contribution in [0.1, 0.15) is 13.3 Å². The number of carbonyl (C=O) groups excluding carboxylic acids is 1. The molecule has 1 aliphatic carbocycles. The van der Waals surface area contributed by atoms with Crippen LogP contribution >= 0.6 is 11.6 Å². The molecule has 1 rings (SSSR count). The minimum Gasteiger partial charge on any atom is -0.467 e. The number of alkyl halides is 1. The Morgan fingerprint density at radius 2 is 2.39 bits per heavy atom. The van der Waals surface area contributed by atoms with Crippen molar-refractivity contribution < 1.29 is 14.6 Å². The predicted octanol–water partition coefficient (Wildman–Crippen LogP) is 1.46. The van der Waals surface area contributed by atoms with Gasteiger partial charge in [0.15, 0.2) is 0 Å². The Morgan fingerprint density at radius 1 is 1.72 bits per heavy atom. The standard InChI is InChI=1S/C12H15ClN2O3/c1-4-9-8(5-6-13)7-12(17,11(16)18-3)10(9)15-14-2/h4-5,17H,2,6-7H2,1,3H3/b8-5-,9-4+,15-10?. The molecule has 1 saturated carbocycles. The number of aliphatic hydroxyl groups is 1. The number of hydrogen-bond acceptors (Lipinski definition) is 5. The minimum absolute atomic E-state index is 0.0699. The minimum atomic E-state index is -1.82. The highest BCUT2D eigenvalue weighted by Crippen LogP contribution is 2.37. The highest BCUT2D eigenvalue weighted by molar-refractivity contribution is 6.23. The summed E-state index contributed by atoms with van der Waals surface area (Å²) in [5.41, 5.74) is -0.308. The highest BCUT2D eigenvalue weighted by Gasteiger charge is 2.51. The molecule has 0 aliphatic heterocycles. The second kappa shape index (κ2) is 5.93. The van der Waals surface area contributed by atoms with Gasteiger partial charge in [0, 0.05) is 24.6 Å². The van der Waals surface area contributed by atoms with Crippen LogP contribution < -0.4 is 0 Å². The molecule has 6 heteroatoms. The number of halogens is 1. The molecule has 1 aliphatic rings. The van der Waals surface area contributed by atoms with E-state index in [1.807, 2.05) is 0 Å². The molecule has 0 aromatic heterocycles. The fraction of sp³-hybridized carbons (Fsp3) is 0.417. The van der Waals surface area contributed by atoms with E-state index >= 15 is 0 Å². The van der Waals surface area contributed by atoms with Crippen LogP contribution in [0.3, 0.4) is 0 Å². The number of allylic oxidation sites excluding steroid dienone is 2. The Balaban J connectivity index is 3.38. The van der Waals surface area contributed by atoms with E-state index in [0.29, 0.717) is 5.57 Å². The molecule has 0 aromatic carbocycles. The van der Waals surface area contributed by atoms with Gasteiger partial charge in [-0.15, -0.1) is 11.6 Å². The van der Waals surface area contributed by atoms with Crippen molar-refractivity contribution in [3.05, 3.63) is 23.3 Å². The van der Waals surface area contributed by atoms with E-state index in [-0.39, 0.29) is 18.0 Å². The number of esters is 1. The number of carbonyl (C=O) groups is 1. The lowest BCUT2D eigenvalue weighted by Gasteiger charge is -2.18. The summed E-state index contributed by atoms with van der Waals surface area (Å²) in [7, 11) is 1.21. The molecular weight excluding hydrogens is 256 g/mol. The summed E-state index contributed by atoms with van der Waals surface area (Å²) in [4.78, 5) is 11.7. The van der Waals surface area contributed by atoms with E-state index in [4.69, 9.17) is 11.6 Å². The van der Waals surface area contributed by atoms with Gasteiger partial charge in [-0.1, -0.05) is 12.2 Å². The van der Waals surface area contributed by atoms with Gasteiger partial charge in [0.2, 0.25) is 5.60 Å². The number of methoxy groups -OCH3 is 1. The fourth-order valence-electron chi connectivity index (χ4n) is 1.97. The zero-order valence-corrected chi connectivity index (χ0v) is 11.1. The van der Waals surface area contributed by atoms with Gasteiger partial charge >= 0.3 is 5.97 Å². The normalized spacial score (nSPS) is 30.1. The first-order valence-corrected chi connectivity index (χ1v) is 5.85. The zero-order chi connectivity index (χ0) is 13.8. The van der Waals surface area contributed by atoms with Crippen LogP contribution in [0.2, 0.25) is 0 Å². The molecule has 1 fully saturated rings. The first-order chi connectivity index (χ1) is 8.54. The molecule has 98 valence electrons. The van der Waals surface area contributed by atoms with Gasteiger partial charge in [-0.3, -0.25) is 0 Å². The zero-order valence-electron chi connectivity index (χ0n) is 10.3. The molecule has 0 radical (unpaired) electrons. The molecule has 1 unspecified atom stereocenters. The number of nitrogens with zero attached hydrogens (tertiary/aromatic N) is 2. The number of rotatable bonds is 3. The summed E-state index contributed by atoms with van der Waals surface area (Å²) < 4.78 is 4.61. The van der Waals surface area contributed by atoms with Crippen LogP contribution in [0.4, 0.5) is 0 Å². The first-order valence-electron chi connectivity index (χ1n) is 5.32. The lowest BCUT2D eigenvalue weighted by molar-refractivity contribution is -0.154. The molecule has 1 N–H and O–H groups in total. The lowest BCUT2D eigenvalue weighted by atomic mass is 10.00. The smallest absolute Gasteiger partial charge is 0.344 e. The van der Waals surface area contributed by atoms with E-state index in [9.17, 15) is 9.90 Å². The first kappa shape index (κ1) is 14.6. The molecule has 0 saturated heterocycles. The Morgan fingerprint density at radius 3 is 2.83 bits per heavy atom. The van der Waals surface area contributed by atoms with Crippen molar-refractivity contribution in [2.24, 2.45) is 10.2 Å². The summed E-state index contributed by atoms with van der Waals surface area (Å²) in [6.07, 6.45) is 3.53. The average molecular weight is 271 g/mol. The molecule has 0 aromatic rings. The van der Waals surface area contributed by atoms with Gasteiger partial charge in [0.1, 0.15) is 5.71 Å². The summed E-state index contributed by atoms with van der Waals surface area (Å²) in [5.74, 6) is -0.499. The molecule has 0 heterocycles. The quantitative estimate of drug-likeness (QED) is 0.365. The number of ether oxygens (including phenoxy) is 1. The van der Waals surface area contributed by atoms with Crippen LogP contribution in [0.25, 0.3) is 0 Å². The van der Waals surface area contributed by atoms with Gasteiger partial charge in [-0.2, -0.15) is 10.2 Å². The van der Waals surface area contributed by atoms with E-state index < -0.39 is 11.6 Å². The summed E-state index contributed by atoms with van der Waals surface area (Å²) >= 11 is 5.66. The molecule has 5 nitrogen and oxygen atoms in total. The Hall–Kier alpha value is -1.46. The summed E-state index contributed by atoms with van der Waals surface area (Å²) in [6, 6.07) is 0. The molecular formula is C12H15ClN2O3. The van der Waals surface area contributed by atoms with E-state index in [0.717, 1.165) is 5.57 Å². The fourth-order valence-corrected chi connectivity index (χ4v) is 2.16. The summed E-state index contributed by atoms with van der Waals surface area (Å²) in [6.45, 7) is 5.02. The van der Waals surface area contributed by atoms with Crippen LogP contribution in [-0.4, -0.2) is 42.1 Å². The average Bonchev–Trinajstić information content (AvgIpc) is 2.63. The van der Waals surface area contributed by atoms with Crippen molar-refractivity contribution >= 4 is 30.0 Å². The van der Waals surface area contributed by atoms with Gasteiger partial charge < -0.3 is 9.84 Å². The van der Waals surface area contributed by atoms with Gasteiger partial charge in [-0.25, -0.2) is 4.79 Å². The van der Waals surface area contributed by atoms with Gasteiger partial charge in [0.05, 0.1) is 7.11 Å². The largest absolute Gasteiger partial charge is 0.467 e. The Bertz CT molecular complexity index is 454. The molecule has 0 bridgehead atoms. The highest BCUT2D eigenvalue weighted by atomic mass is 35.5. The monoisotopic (exact) mass is 270 g/mol. The van der Waals surface area contributed by atoms with Crippen molar-refractivity contribution in [2.75, 3.05) is 13.0 Å². The Kier molecular flexibility index (Phi) is 4.81. The van der Waals surface area contributed by atoms with E-state index in [1.54, 1.807) is 19.1 Å². The van der Waals surface area contributed by atoms with Crippen molar-refractivity contribution in [3.63, 3.8) is 0 Å². The molecule has 18 heavy (non-hydrogen) atoms. The molecule has 1 atom stereocenters. The van der Waals surface area contributed by atoms with Gasteiger partial charge in [-0.05, 0) is 12.5 Å². The predicted molar refractivity (Wildman–Crippen MR) is 71.1 cm³/mol. The third-order valence-corrected chi connectivity index (χ3v) is 2.90.